The quantitative estimate of drug-likeness (QED) is 0.108. The zero-order valence-electron chi connectivity index (χ0n) is 39.4. The second-order valence-electron chi connectivity index (χ2n) is 20.8. The molecule has 0 spiro atoms. The Morgan fingerprint density at radius 1 is 0.344 bits per heavy atom. The van der Waals surface area contributed by atoms with Gasteiger partial charge in [0, 0.05) is 0 Å². The maximum Gasteiger partial charge on any atom is 0.122 e. The van der Waals surface area contributed by atoms with E-state index in [4.69, 9.17) is 0 Å². The van der Waals surface area contributed by atoms with Crippen molar-refractivity contribution in [1.82, 2.24) is 0 Å². The van der Waals surface area contributed by atoms with Gasteiger partial charge in [-0.3, -0.25) is 0 Å². The Hall–Kier alpha value is -3.92. The van der Waals surface area contributed by atoms with Gasteiger partial charge in [-0.05, 0) is 186 Å². The van der Waals surface area contributed by atoms with Crippen molar-refractivity contribution in [3.63, 3.8) is 0 Å². The summed E-state index contributed by atoms with van der Waals surface area (Å²) >= 11 is 0. The normalized spacial score (nSPS) is 19.2. The van der Waals surface area contributed by atoms with Gasteiger partial charge < -0.3 is 20.4 Å². The molecular formula is C57H80O4. The molecule has 0 bridgehead atoms. The molecule has 5 aliphatic carbocycles. The third kappa shape index (κ3) is 12.4. The molecule has 0 aromatic heterocycles. The number of para-hydroxylation sites is 4. The first kappa shape index (κ1) is 46.6. The van der Waals surface area contributed by atoms with E-state index in [-0.39, 0.29) is 0 Å². The molecule has 0 saturated heterocycles. The van der Waals surface area contributed by atoms with E-state index in [1.54, 1.807) is 0 Å². The molecule has 0 aliphatic heterocycles. The van der Waals surface area contributed by atoms with Gasteiger partial charge in [-0.1, -0.05) is 142 Å². The second kappa shape index (κ2) is 20.5. The molecule has 4 aromatic rings. The summed E-state index contributed by atoms with van der Waals surface area (Å²) in [6.45, 7) is 21.7. The molecule has 4 heteroatoms. The Labute approximate surface area is 370 Å². The fourth-order valence-corrected chi connectivity index (χ4v) is 9.42. The molecule has 0 amide bonds. The van der Waals surface area contributed by atoms with Gasteiger partial charge in [0.1, 0.15) is 23.0 Å². The molecular weight excluding hydrogens is 749 g/mol. The Morgan fingerprint density at radius 3 is 0.852 bits per heavy atom. The molecule has 5 fully saturated rings. The van der Waals surface area contributed by atoms with Crippen LogP contribution in [0, 0.1) is 29.6 Å². The third-order valence-electron chi connectivity index (χ3n) is 14.8. The van der Waals surface area contributed by atoms with Crippen molar-refractivity contribution in [2.75, 3.05) is 0 Å². The van der Waals surface area contributed by atoms with Crippen LogP contribution in [0.25, 0.3) is 0 Å². The van der Waals surface area contributed by atoms with Gasteiger partial charge in [0.15, 0.2) is 0 Å². The monoisotopic (exact) mass is 829 g/mol. The van der Waals surface area contributed by atoms with Crippen LogP contribution in [-0.4, -0.2) is 20.4 Å². The summed E-state index contributed by atoms with van der Waals surface area (Å²) in [5.41, 5.74) is 9.03. The zero-order valence-corrected chi connectivity index (χ0v) is 39.4. The minimum absolute atomic E-state index is 0.399. The van der Waals surface area contributed by atoms with Gasteiger partial charge in [-0.2, -0.15) is 0 Å². The van der Waals surface area contributed by atoms with Crippen molar-refractivity contribution >= 4 is 0 Å². The van der Waals surface area contributed by atoms with Gasteiger partial charge in [0.25, 0.3) is 0 Å². The molecule has 332 valence electrons. The summed E-state index contributed by atoms with van der Waals surface area (Å²) < 4.78 is 0. The van der Waals surface area contributed by atoms with E-state index in [0.717, 1.165) is 69.4 Å². The number of phenols is 4. The molecule has 4 unspecified atom stereocenters. The number of hydrogen-bond acceptors (Lipinski definition) is 4. The molecule has 5 aliphatic rings. The van der Waals surface area contributed by atoms with Crippen LogP contribution in [0.15, 0.2) is 72.8 Å². The Kier molecular flexibility index (Phi) is 15.7. The first-order chi connectivity index (χ1) is 29.1. The van der Waals surface area contributed by atoms with Crippen molar-refractivity contribution < 1.29 is 20.4 Å². The number of phenolic OH excluding ortho intramolecular Hbond substituents is 4. The molecule has 9 rings (SSSR count). The van der Waals surface area contributed by atoms with Crippen LogP contribution < -0.4 is 0 Å². The molecule has 0 heterocycles. The van der Waals surface area contributed by atoms with Crippen LogP contribution in [0.4, 0.5) is 0 Å². The second-order valence-corrected chi connectivity index (χ2v) is 20.8. The first-order valence-electron chi connectivity index (χ1n) is 24.3. The maximum absolute atomic E-state index is 10.5. The lowest BCUT2D eigenvalue weighted by atomic mass is 9.88. The van der Waals surface area contributed by atoms with Gasteiger partial charge >= 0.3 is 0 Å². The van der Waals surface area contributed by atoms with E-state index >= 15 is 0 Å². The molecule has 61 heavy (non-hydrogen) atoms. The maximum atomic E-state index is 10.5. The number of hydrogen-bond donors (Lipinski definition) is 4. The SMILES string of the molecule is CC(C)c1cccc(C(C)C2CC2)c1O.CC(C)c1cccc(C(C)C2CC2)c1O.CC(C)c1cccc(CC2CC2)c1O.CC(c1cccc(C(C)C2CC2)c1O)C1CC1. The molecule has 4 aromatic carbocycles. The standard InChI is InChI=1S/C16H22O.2C14H20O.C13H18O/c1-10(12-6-7-12)14-4-3-5-15(16(14)17)11(2)13-8-9-13;2*1-9(2)12-5-4-6-13(14(12)15)10(3)11-7-8-11;1-9(2)12-5-3-4-11(13(12)14)8-10-6-7-10/h3-5,10-13,17H,6-9H2,1-2H3;2*4-6,9-11,15H,7-8H2,1-3H3;3-5,9-10,14H,6-8H2,1-2H3. The molecule has 5 saturated carbocycles. The smallest absolute Gasteiger partial charge is 0.122 e. The highest BCUT2D eigenvalue weighted by molar-refractivity contribution is 5.47. The van der Waals surface area contributed by atoms with E-state index in [2.05, 4.69) is 124 Å². The lowest BCUT2D eigenvalue weighted by molar-refractivity contribution is 0.443. The van der Waals surface area contributed by atoms with E-state index in [9.17, 15) is 20.4 Å². The highest BCUT2D eigenvalue weighted by Gasteiger charge is 2.35. The summed E-state index contributed by atoms with van der Waals surface area (Å²) in [4.78, 5) is 0. The summed E-state index contributed by atoms with van der Waals surface area (Å²) in [5, 5.41) is 40.9. The van der Waals surface area contributed by atoms with Crippen LogP contribution in [0.1, 0.15) is 219 Å². The van der Waals surface area contributed by atoms with Crippen LogP contribution in [0.5, 0.6) is 23.0 Å². The van der Waals surface area contributed by atoms with Crippen molar-refractivity contribution in [2.45, 2.75) is 181 Å². The number of benzene rings is 4. The predicted octanol–water partition coefficient (Wildman–Crippen LogP) is 15.9. The molecule has 4 nitrogen and oxygen atoms in total. The van der Waals surface area contributed by atoms with Gasteiger partial charge in [-0.15, -0.1) is 0 Å². The van der Waals surface area contributed by atoms with E-state index < -0.39 is 0 Å². The first-order valence-corrected chi connectivity index (χ1v) is 24.3. The summed E-state index contributed by atoms with van der Waals surface area (Å²) in [6.07, 6.45) is 14.4. The number of rotatable bonds is 13. The number of aromatic hydroxyl groups is 4. The van der Waals surface area contributed by atoms with Crippen LogP contribution in [0.3, 0.4) is 0 Å². The van der Waals surface area contributed by atoms with Gasteiger partial charge in [0.05, 0.1) is 0 Å². The minimum Gasteiger partial charge on any atom is -0.507 e. The zero-order chi connectivity index (χ0) is 44.1. The summed E-state index contributed by atoms with van der Waals surface area (Å²) in [6, 6.07) is 24.8. The van der Waals surface area contributed by atoms with Crippen molar-refractivity contribution in [2.24, 2.45) is 29.6 Å². The third-order valence-corrected chi connectivity index (χ3v) is 14.8. The van der Waals surface area contributed by atoms with Gasteiger partial charge in [0.2, 0.25) is 0 Å². The lowest BCUT2D eigenvalue weighted by Crippen LogP contribution is -2.02. The fourth-order valence-electron chi connectivity index (χ4n) is 9.42. The van der Waals surface area contributed by atoms with E-state index in [0.29, 0.717) is 64.4 Å². The lowest BCUT2D eigenvalue weighted by Gasteiger charge is -2.18. The van der Waals surface area contributed by atoms with E-state index in [1.807, 2.05) is 18.2 Å². The van der Waals surface area contributed by atoms with Crippen LogP contribution in [0.2, 0.25) is 0 Å². The van der Waals surface area contributed by atoms with Crippen LogP contribution in [-0.2, 0) is 6.42 Å². The average molecular weight is 829 g/mol. The fraction of sp³-hybridized carbons (Fsp3) is 0.579. The average Bonchev–Trinajstić information content (AvgIpc) is 4.02. The molecule has 4 N–H and O–H groups in total. The Morgan fingerprint density at radius 2 is 0.590 bits per heavy atom. The van der Waals surface area contributed by atoms with Crippen molar-refractivity contribution in [1.29, 1.82) is 0 Å². The largest absolute Gasteiger partial charge is 0.507 e. The highest BCUT2D eigenvalue weighted by atomic mass is 16.3. The topological polar surface area (TPSA) is 80.9 Å². The van der Waals surface area contributed by atoms with E-state index in [1.165, 1.54) is 75.3 Å². The molecule has 4 atom stereocenters. The minimum atomic E-state index is 0.399. The highest BCUT2D eigenvalue weighted by Crippen LogP contribution is 2.50. The van der Waals surface area contributed by atoms with Crippen molar-refractivity contribution in [3.05, 3.63) is 117 Å². The summed E-state index contributed by atoms with van der Waals surface area (Å²) in [5.74, 6) is 9.57. The van der Waals surface area contributed by atoms with Crippen LogP contribution >= 0.6 is 0 Å². The Bertz CT molecular complexity index is 1920. The Balaban J connectivity index is 0.000000136. The van der Waals surface area contributed by atoms with Crippen molar-refractivity contribution in [3.8, 4) is 23.0 Å². The predicted molar refractivity (Wildman–Crippen MR) is 256 cm³/mol. The molecule has 0 radical (unpaired) electrons. The summed E-state index contributed by atoms with van der Waals surface area (Å²) in [7, 11) is 0. The van der Waals surface area contributed by atoms with Gasteiger partial charge in [-0.25, -0.2) is 0 Å².